The highest BCUT2D eigenvalue weighted by Crippen LogP contribution is 2.31. The molecule has 0 bridgehead atoms. The quantitative estimate of drug-likeness (QED) is 0.540. The molecule has 0 atom stereocenters. The van der Waals surface area contributed by atoms with Crippen LogP contribution in [0.15, 0.2) is 18.2 Å². The van der Waals surface area contributed by atoms with Crippen molar-refractivity contribution in [2.75, 3.05) is 52.3 Å². The zero-order valence-corrected chi connectivity index (χ0v) is 17.9. The molecule has 30 heavy (non-hydrogen) atoms. The number of methoxy groups -OCH3 is 1. The first-order valence-corrected chi connectivity index (χ1v) is 10.7. The fourth-order valence-electron chi connectivity index (χ4n) is 4.03. The van der Waals surface area contributed by atoms with Gasteiger partial charge in [0.25, 0.3) is 0 Å². The highest BCUT2D eigenvalue weighted by atomic mass is 16.5. The predicted octanol–water partition coefficient (Wildman–Crippen LogP) is 2.82. The first-order chi connectivity index (χ1) is 14.7. The van der Waals surface area contributed by atoms with Gasteiger partial charge >= 0.3 is 0 Å². The van der Waals surface area contributed by atoms with Crippen molar-refractivity contribution in [1.82, 2.24) is 19.4 Å². The van der Waals surface area contributed by atoms with Crippen LogP contribution in [0.4, 0.5) is 5.82 Å². The van der Waals surface area contributed by atoms with Crippen LogP contribution in [0.1, 0.15) is 25.6 Å². The Balaban J connectivity index is 1.58. The van der Waals surface area contributed by atoms with E-state index in [2.05, 4.69) is 27.4 Å². The molecule has 0 unspecified atom stereocenters. The number of hydrogen-bond donors (Lipinski definition) is 1. The van der Waals surface area contributed by atoms with Crippen LogP contribution >= 0.6 is 0 Å². The maximum absolute atomic E-state index is 6.23. The number of aryl methyl sites for hydroxylation is 1. The van der Waals surface area contributed by atoms with E-state index >= 15 is 0 Å². The van der Waals surface area contributed by atoms with E-state index in [1.165, 1.54) is 0 Å². The molecule has 0 radical (unpaired) electrons. The van der Waals surface area contributed by atoms with E-state index in [4.69, 9.17) is 24.9 Å². The molecule has 8 heteroatoms. The Labute approximate surface area is 176 Å². The molecule has 2 N–H and O–H groups in total. The molecule has 3 aromatic rings. The van der Waals surface area contributed by atoms with Crippen molar-refractivity contribution in [2.24, 2.45) is 0 Å². The number of fused-ring (bicyclic) bond motifs is 3. The van der Waals surface area contributed by atoms with Crippen LogP contribution in [-0.4, -0.2) is 66.0 Å². The molecule has 4 rings (SSSR count). The van der Waals surface area contributed by atoms with Crippen LogP contribution in [0.25, 0.3) is 21.9 Å². The molecule has 0 spiro atoms. The van der Waals surface area contributed by atoms with Gasteiger partial charge < -0.3 is 24.5 Å². The van der Waals surface area contributed by atoms with Crippen LogP contribution < -0.4 is 10.5 Å². The number of hydrogen-bond acceptors (Lipinski definition) is 7. The molecule has 1 aliphatic rings. The molecule has 0 saturated carbocycles. The topological polar surface area (TPSA) is 87.7 Å². The Morgan fingerprint density at radius 1 is 1.17 bits per heavy atom. The third-order valence-corrected chi connectivity index (χ3v) is 5.47. The summed E-state index contributed by atoms with van der Waals surface area (Å²) in [6.45, 7) is 8.81. The van der Waals surface area contributed by atoms with E-state index in [9.17, 15) is 0 Å². The number of nitrogen functional groups attached to an aromatic ring is 1. The molecule has 1 saturated heterocycles. The predicted molar refractivity (Wildman–Crippen MR) is 118 cm³/mol. The fraction of sp³-hybridized carbons (Fsp3) is 0.545. The number of morpholine rings is 1. The minimum absolute atomic E-state index is 0.438. The second-order valence-electron chi connectivity index (χ2n) is 7.64. The minimum Gasteiger partial charge on any atom is -0.494 e. The second-order valence-corrected chi connectivity index (χ2v) is 7.64. The molecule has 162 valence electrons. The van der Waals surface area contributed by atoms with Crippen LogP contribution in [0.3, 0.4) is 0 Å². The Morgan fingerprint density at radius 3 is 2.77 bits per heavy atom. The number of nitrogens with two attached hydrogens (primary N) is 1. The van der Waals surface area contributed by atoms with Crippen molar-refractivity contribution in [3.63, 3.8) is 0 Å². The van der Waals surface area contributed by atoms with Gasteiger partial charge in [-0.2, -0.15) is 0 Å². The van der Waals surface area contributed by atoms with Gasteiger partial charge in [0, 0.05) is 38.7 Å². The van der Waals surface area contributed by atoms with Gasteiger partial charge in [-0.15, -0.1) is 0 Å². The van der Waals surface area contributed by atoms with Crippen LogP contribution in [0.5, 0.6) is 5.75 Å². The lowest BCUT2D eigenvalue weighted by atomic mass is 10.1. The van der Waals surface area contributed by atoms with Gasteiger partial charge in [0.05, 0.1) is 30.9 Å². The Hall–Kier alpha value is -2.42. The third-order valence-electron chi connectivity index (χ3n) is 5.47. The molecule has 0 amide bonds. The Bertz CT molecular complexity index is 998. The molecule has 1 aliphatic heterocycles. The van der Waals surface area contributed by atoms with Gasteiger partial charge in [0.2, 0.25) is 0 Å². The number of nitrogens with zero attached hydrogens (tertiary/aromatic N) is 4. The summed E-state index contributed by atoms with van der Waals surface area (Å²) in [6.07, 6.45) is 1.98. The maximum Gasteiger partial charge on any atom is 0.152 e. The summed E-state index contributed by atoms with van der Waals surface area (Å²) in [5.74, 6) is 2.16. The summed E-state index contributed by atoms with van der Waals surface area (Å²) < 4.78 is 19.0. The van der Waals surface area contributed by atoms with Crippen molar-refractivity contribution in [3.05, 3.63) is 24.0 Å². The lowest BCUT2D eigenvalue weighted by molar-refractivity contribution is 0.0358. The molecular weight excluding hydrogens is 382 g/mol. The number of ether oxygens (including phenoxy) is 3. The summed E-state index contributed by atoms with van der Waals surface area (Å²) in [6, 6.07) is 6.00. The summed E-state index contributed by atoms with van der Waals surface area (Å²) in [5.41, 5.74) is 8.81. The third kappa shape index (κ3) is 4.35. The molecule has 1 aromatic carbocycles. The lowest BCUT2D eigenvalue weighted by Crippen LogP contribution is -2.37. The first kappa shape index (κ1) is 20.8. The van der Waals surface area contributed by atoms with Crippen molar-refractivity contribution in [2.45, 2.75) is 32.9 Å². The van der Waals surface area contributed by atoms with Crippen LogP contribution in [0, 0.1) is 0 Å². The normalized spacial score (nSPS) is 15.3. The Morgan fingerprint density at radius 2 is 2.00 bits per heavy atom. The number of benzene rings is 1. The number of pyridine rings is 1. The largest absolute Gasteiger partial charge is 0.494 e. The van der Waals surface area contributed by atoms with E-state index in [1.807, 2.05) is 12.1 Å². The van der Waals surface area contributed by atoms with Crippen molar-refractivity contribution in [3.8, 4) is 5.75 Å². The van der Waals surface area contributed by atoms with Gasteiger partial charge in [-0.05, 0) is 31.0 Å². The summed E-state index contributed by atoms with van der Waals surface area (Å²) in [7, 11) is 1.68. The van der Waals surface area contributed by atoms with Gasteiger partial charge in [-0.25, -0.2) is 9.97 Å². The van der Waals surface area contributed by atoms with Crippen LogP contribution in [0.2, 0.25) is 0 Å². The number of anilines is 1. The van der Waals surface area contributed by atoms with E-state index in [0.29, 0.717) is 19.0 Å². The zero-order valence-electron chi connectivity index (χ0n) is 17.9. The molecule has 0 aliphatic carbocycles. The number of imidazole rings is 1. The first-order valence-electron chi connectivity index (χ1n) is 10.7. The highest BCUT2D eigenvalue weighted by molar-refractivity contribution is 6.07. The lowest BCUT2D eigenvalue weighted by Gasteiger charge is -2.26. The average molecular weight is 414 g/mol. The minimum atomic E-state index is 0.438. The zero-order chi connectivity index (χ0) is 20.9. The summed E-state index contributed by atoms with van der Waals surface area (Å²) >= 11 is 0. The monoisotopic (exact) mass is 413 g/mol. The van der Waals surface area contributed by atoms with Crippen LogP contribution in [-0.2, 0) is 22.6 Å². The highest BCUT2D eigenvalue weighted by Gasteiger charge is 2.17. The standard InChI is InChI=1S/C22H31N5O3/c1-3-7-27-19(15-28-2)25-20-21(27)17-14-16(5-6-18(17)24-22(20)23)30-11-4-8-26-9-12-29-13-10-26/h5-6,14H,3-4,7-13,15H2,1-2H3,(H2,23,24). The number of aromatic nitrogens is 3. The van der Waals surface area contributed by atoms with E-state index in [1.54, 1.807) is 7.11 Å². The van der Waals surface area contributed by atoms with Crippen molar-refractivity contribution in [1.29, 1.82) is 0 Å². The average Bonchev–Trinajstić information content (AvgIpc) is 3.12. The maximum atomic E-state index is 6.23. The summed E-state index contributed by atoms with van der Waals surface area (Å²) in [4.78, 5) is 11.7. The van der Waals surface area contributed by atoms with Gasteiger partial charge in [-0.1, -0.05) is 6.92 Å². The second kappa shape index (κ2) is 9.59. The Kier molecular flexibility index (Phi) is 6.66. The molecular formula is C22H31N5O3. The SMILES string of the molecule is CCCn1c(COC)nc2c(N)nc3ccc(OCCCN4CCOCC4)cc3c21. The van der Waals surface area contributed by atoms with E-state index in [-0.39, 0.29) is 0 Å². The molecule has 1 fully saturated rings. The van der Waals surface area contributed by atoms with Gasteiger partial charge in [-0.3, -0.25) is 4.90 Å². The smallest absolute Gasteiger partial charge is 0.152 e. The van der Waals surface area contributed by atoms with Gasteiger partial charge in [0.1, 0.15) is 23.7 Å². The number of rotatable bonds is 9. The molecule has 3 heterocycles. The molecule has 8 nitrogen and oxygen atoms in total. The van der Waals surface area contributed by atoms with Gasteiger partial charge in [0.15, 0.2) is 5.82 Å². The van der Waals surface area contributed by atoms with Crippen molar-refractivity contribution >= 4 is 27.8 Å². The molecule has 2 aromatic heterocycles. The van der Waals surface area contributed by atoms with Crippen molar-refractivity contribution < 1.29 is 14.2 Å². The van der Waals surface area contributed by atoms with E-state index < -0.39 is 0 Å². The summed E-state index contributed by atoms with van der Waals surface area (Å²) in [5, 5.41) is 1.01. The van der Waals surface area contributed by atoms with E-state index in [0.717, 1.165) is 85.7 Å². The fourth-order valence-corrected chi connectivity index (χ4v) is 4.03.